The predicted molar refractivity (Wildman–Crippen MR) is 256 cm³/mol. The molecule has 0 radical (unpaired) electrons. The van der Waals surface area contributed by atoms with Crippen LogP contribution < -0.4 is 0 Å². The van der Waals surface area contributed by atoms with Crippen LogP contribution in [0.25, 0.3) is 117 Å². The smallest absolute Gasteiger partial charge is 0.160 e. The van der Waals surface area contributed by atoms with E-state index >= 15 is 0 Å². The number of fused-ring (bicyclic) bond motifs is 6. The maximum absolute atomic E-state index is 6.53. The van der Waals surface area contributed by atoms with Crippen molar-refractivity contribution in [2.75, 3.05) is 0 Å². The molecule has 0 unspecified atom stereocenters. The summed E-state index contributed by atoms with van der Waals surface area (Å²) in [5.74, 6) is 0.693. The highest BCUT2D eigenvalue weighted by molar-refractivity contribution is 6.12. The molecule has 4 nitrogen and oxygen atoms in total. The van der Waals surface area contributed by atoms with Gasteiger partial charge in [-0.2, -0.15) is 0 Å². The highest BCUT2D eigenvalue weighted by Crippen LogP contribution is 2.43. The molecule has 3 aromatic heterocycles. The van der Waals surface area contributed by atoms with Crippen LogP contribution >= 0.6 is 0 Å². The fraction of sp³-hybridized carbons (Fsp3) is 0. The molecular formula is C58H37N3O. The molecule has 12 aromatic rings. The fourth-order valence-corrected chi connectivity index (χ4v) is 9.15. The molecule has 0 saturated carbocycles. The number of benzene rings is 9. The molecule has 290 valence electrons. The minimum absolute atomic E-state index is 0.693. The number of hydrogen-bond donors (Lipinski definition) is 0. The summed E-state index contributed by atoms with van der Waals surface area (Å²) >= 11 is 0. The molecule has 4 heteroatoms. The molecule has 0 atom stereocenters. The van der Waals surface area contributed by atoms with Gasteiger partial charge in [-0.15, -0.1) is 0 Å². The Hall–Kier alpha value is -8.34. The Balaban J connectivity index is 0.955. The van der Waals surface area contributed by atoms with E-state index in [0.717, 1.165) is 89.0 Å². The van der Waals surface area contributed by atoms with Crippen LogP contribution in [0.5, 0.6) is 0 Å². The molecular weight excluding hydrogens is 755 g/mol. The third kappa shape index (κ3) is 6.00. The third-order valence-electron chi connectivity index (χ3n) is 12.1. The summed E-state index contributed by atoms with van der Waals surface area (Å²) in [5.41, 5.74) is 16.9. The van der Waals surface area contributed by atoms with Gasteiger partial charge < -0.3 is 8.98 Å². The number of hydrogen-bond acceptors (Lipinski definition) is 3. The van der Waals surface area contributed by atoms with Gasteiger partial charge in [-0.25, -0.2) is 9.97 Å². The van der Waals surface area contributed by atoms with Gasteiger partial charge in [-0.05, 0) is 82.4 Å². The molecule has 0 aliphatic rings. The Morgan fingerprint density at radius 1 is 0.323 bits per heavy atom. The van der Waals surface area contributed by atoms with Gasteiger partial charge in [0.05, 0.1) is 22.4 Å². The monoisotopic (exact) mass is 791 g/mol. The van der Waals surface area contributed by atoms with Crippen LogP contribution in [0, 0.1) is 0 Å². The highest BCUT2D eigenvalue weighted by Gasteiger charge is 2.19. The normalized spacial score (nSPS) is 11.5. The van der Waals surface area contributed by atoms with Crippen LogP contribution in [0.2, 0.25) is 0 Å². The largest absolute Gasteiger partial charge is 0.455 e. The Morgan fingerprint density at radius 3 is 1.55 bits per heavy atom. The topological polar surface area (TPSA) is 43.9 Å². The van der Waals surface area contributed by atoms with E-state index in [1.165, 1.54) is 21.9 Å². The van der Waals surface area contributed by atoms with Crippen LogP contribution in [0.4, 0.5) is 0 Å². The average molecular weight is 792 g/mol. The van der Waals surface area contributed by atoms with Crippen molar-refractivity contribution in [2.24, 2.45) is 0 Å². The standard InChI is InChI=1S/C58H37N3O/c1-3-16-38(17-4-1)52-37-53(39-18-5-2-6-19-39)60-58(59-52)40-30-33-42(34-31-40)61-54-28-13-11-24-47(54)51-36-41(32-35-55(51)61)43-20-7-8-21-44(43)45-22-9-10-23-46(45)49-26-15-27-50-48-25-12-14-29-56(48)62-57(49)50/h1-37H. The molecule has 0 bridgehead atoms. The summed E-state index contributed by atoms with van der Waals surface area (Å²) in [4.78, 5) is 10.2. The van der Waals surface area contributed by atoms with Gasteiger partial charge in [-0.1, -0.05) is 170 Å². The summed E-state index contributed by atoms with van der Waals surface area (Å²) in [6.07, 6.45) is 0. The minimum atomic E-state index is 0.693. The molecule has 9 aromatic carbocycles. The number of nitrogens with zero attached hydrogens (tertiary/aromatic N) is 3. The molecule has 3 heterocycles. The second-order valence-corrected chi connectivity index (χ2v) is 15.7. The van der Waals surface area contributed by atoms with E-state index in [1.807, 2.05) is 48.5 Å². The Morgan fingerprint density at radius 2 is 0.839 bits per heavy atom. The zero-order chi connectivity index (χ0) is 41.0. The first kappa shape index (κ1) is 35.6. The Labute approximate surface area is 358 Å². The second-order valence-electron chi connectivity index (χ2n) is 15.7. The SMILES string of the molecule is c1ccc(-c2cc(-c3ccccc3)nc(-c3ccc(-n4c5ccccc5c5cc(-c6ccccc6-c6ccccc6-c6cccc7c6oc6ccccc67)ccc54)cc3)n2)cc1. The lowest BCUT2D eigenvalue weighted by molar-refractivity contribution is 0.670. The van der Waals surface area contributed by atoms with Crippen LogP contribution in [-0.2, 0) is 0 Å². The van der Waals surface area contributed by atoms with E-state index < -0.39 is 0 Å². The van der Waals surface area contributed by atoms with Crippen molar-refractivity contribution in [2.45, 2.75) is 0 Å². The maximum atomic E-state index is 6.53. The van der Waals surface area contributed by atoms with E-state index in [-0.39, 0.29) is 0 Å². The van der Waals surface area contributed by atoms with Crippen molar-refractivity contribution in [1.29, 1.82) is 0 Å². The zero-order valence-corrected chi connectivity index (χ0v) is 33.6. The maximum Gasteiger partial charge on any atom is 0.160 e. The first-order chi connectivity index (χ1) is 30.7. The predicted octanol–water partition coefficient (Wildman–Crippen LogP) is 15.5. The van der Waals surface area contributed by atoms with E-state index in [0.29, 0.717) is 5.82 Å². The number of furan rings is 1. The Kier molecular flexibility index (Phi) is 8.46. The number of aromatic nitrogens is 3. The molecule has 0 aliphatic carbocycles. The van der Waals surface area contributed by atoms with Crippen molar-refractivity contribution in [3.05, 3.63) is 224 Å². The van der Waals surface area contributed by atoms with Gasteiger partial charge in [0.2, 0.25) is 0 Å². The second kappa shape index (κ2) is 14.7. The molecule has 62 heavy (non-hydrogen) atoms. The van der Waals surface area contributed by atoms with E-state index in [2.05, 4.69) is 180 Å². The third-order valence-corrected chi connectivity index (χ3v) is 12.1. The van der Waals surface area contributed by atoms with E-state index in [4.69, 9.17) is 14.4 Å². The Bertz CT molecular complexity index is 3560. The number of rotatable bonds is 7. The molecule has 0 saturated heterocycles. The van der Waals surface area contributed by atoms with Gasteiger partial charge in [0.1, 0.15) is 11.2 Å². The zero-order valence-electron chi connectivity index (χ0n) is 33.6. The van der Waals surface area contributed by atoms with Gasteiger partial charge in [0.15, 0.2) is 5.82 Å². The summed E-state index contributed by atoms with van der Waals surface area (Å²) < 4.78 is 8.90. The lowest BCUT2D eigenvalue weighted by Crippen LogP contribution is -1.97. The summed E-state index contributed by atoms with van der Waals surface area (Å²) in [6.45, 7) is 0. The minimum Gasteiger partial charge on any atom is -0.455 e. The van der Waals surface area contributed by atoms with Crippen LogP contribution in [-0.4, -0.2) is 14.5 Å². The summed E-state index contributed by atoms with van der Waals surface area (Å²) in [6, 6.07) is 79.2. The molecule has 0 fully saturated rings. The molecule has 0 aliphatic heterocycles. The van der Waals surface area contributed by atoms with Crippen molar-refractivity contribution in [3.63, 3.8) is 0 Å². The van der Waals surface area contributed by atoms with Crippen molar-refractivity contribution in [1.82, 2.24) is 14.5 Å². The van der Waals surface area contributed by atoms with Crippen LogP contribution in [0.15, 0.2) is 229 Å². The summed E-state index contributed by atoms with van der Waals surface area (Å²) in [5, 5.41) is 4.66. The van der Waals surface area contributed by atoms with Gasteiger partial charge in [-0.3, -0.25) is 0 Å². The average Bonchev–Trinajstić information content (AvgIpc) is 3.90. The molecule has 12 rings (SSSR count). The van der Waals surface area contributed by atoms with Crippen LogP contribution in [0.1, 0.15) is 0 Å². The first-order valence-electron chi connectivity index (χ1n) is 21.0. The van der Waals surface area contributed by atoms with E-state index in [9.17, 15) is 0 Å². The van der Waals surface area contributed by atoms with Gasteiger partial charge >= 0.3 is 0 Å². The summed E-state index contributed by atoms with van der Waals surface area (Å²) in [7, 11) is 0. The fourth-order valence-electron chi connectivity index (χ4n) is 9.15. The van der Waals surface area contributed by atoms with Crippen molar-refractivity contribution < 1.29 is 4.42 Å². The molecule has 0 spiro atoms. The van der Waals surface area contributed by atoms with Crippen molar-refractivity contribution in [3.8, 4) is 73.0 Å². The van der Waals surface area contributed by atoms with E-state index in [1.54, 1.807) is 0 Å². The van der Waals surface area contributed by atoms with Gasteiger partial charge in [0, 0.05) is 49.5 Å². The van der Waals surface area contributed by atoms with Crippen LogP contribution in [0.3, 0.4) is 0 Å². The number of para-hydroxylation sites is 3. The highest BCUT2D eigenvalue weighted by atomic mass is 16.3. The molecule has 0 amide bonds. The quantitative estimate of drug-likeness (QED) is 0.161. The first-order valence-corrected chi connectivity index (χ1v) is 21.0. The lowest BCUT2D eigenvalue weighted by Gasteiger charge is -2.15. The van der Waals surface area contributed by atoms with Gasteiger partial charge in [0.25, 0.3) is 0 Å². The molecule has 0 N–H and O–H groups in total. The lowest BCUT2D eigenvalue weighted by atomic mass is 9.88. The van der Waals surface area contributed by atoms with Crippen molar-refractivity contribution >= 4 is 43.7 Å².